The lowest BCUT2D eigenvalue weighted by atomic mass is 9.99. The molecule has 0 aromatic carbocycles. The van der Waals surface area contributed by atoms with Gasteiger partial charge in [0.25, 0.3) is 0 Å². The Balaban J connectivity index is 2.18. The SMILES string of the molecule is O/N=C1\C[C@@H]2CC[C@@H]1C2. The van der Waals surface area contributed by atoms with Crippen LogP contribution in [-0.4, -0.2) is 10.9 Å². The van der Waals surface area contributed by atoms with Gasteiger partial charge in [-0.3, -0.25) is 0 Å². The van der Waals surface area contributed by atoms with Gasteiger partial charge in [0.1, 0.15) is 0 Å². The molecule has 2 heteroatoms. The van der Waals surface area contributed by atoms with E-state index in [-0.39, 0.29) is 0 Å². The van der Waals surface area contributed by atoms with Crippen molar-refractivity contribution < 1.29 is 5.21 Å². The van der Waals surface area contributed by atoms with Gasteiger partial charge in [0.2, 0.25) is 0 Å². The van der Waals surface area contributed by atoms with Crippen LogP contribution in [0.1, 0.15) is 25.7 Å². The molecule has 0 radical (unpaired) electrons. The molecule has 0 spiro atoms. The lowest BCUT2D eigenvalue weighted by Gasteiger charge is -2.08. The van der Waals surface area contributed by atoms with E-state index >= 15 is 0 Å². The lowest BCUT2D eigenvalue weighted by molar-refractivity contribution is 0.313. The molecule has 2 bridgehead atoms. The van der Waals surface area contributed by atoms with E-state index in [4.69, 9.17) is 5.21 Å². The first-order valence-electron chi connectivity index (χ1n) is 3.61. The maximum atomic E-state index is 8.48. The highest BCUT2D eigenvalue weighted by molar-refractivity contribution is 5.89. The van der Waals surface area contributed by atoms with Crippen LogP contribution in [0.3, 0.4) is 0 Å². The number of rotatable bonds is 0. The molecule has 0 aliphatic heterocycles. The molecule has 2 saturated carbocycles. The van der Waals surface area contributed by atoms with Crippen LogP contribution >= 0.6 is 0 Å². The summed E-state index contributed by atoms with van der Waals surface area (Å²) in [5, 5.41) is 11.8. The maximum absolute atomic E-state index is 8.48. The van der Waals surface area contributed by atoms with Crippen molar-refractivity contribution in [1.29, 1.82) is 0 Å². The van der Waals surface area contributed by atoms with E-state index < -0.39 is 0 Å². The first-order chi connectivity index (χ1) is 4.40. The van der Waals surface area contributed by atoms with Crippen LogP contribution in [-0.2, 0) is 0 Å². The van der Waals surface area contributed by atoms with Gasteiger partial charge in [-0.25, -0.2) is 0 Å². The van der Waals surface area contributed by atoms with Crippen molar-refractivity contribution in [3.63, 3.8) is 0 Å². The summed E-state index contributed by atoms with van der Waals surface area (Å²) in [4.78, 5) is 0. The fourth-order valence-electron chi connectivity index (χ4n) is 2.15. The Labute approximate surface area is 54.6 Å². The van der Waals surface area contributed by atoms with Crippen molar-refractivity contribution in [2.24, 2.45) is 17.0 Å². The van der Waals surface area contributed by atoms with Crippen LogP contribution < -0.4 is 0 Å². The Morgan fingerprint density at radius 1 is 1.44 bits per heavy atom. The predicted molar refractivity (Wildman–Crippen MR) is 34.7 cm³/mol. The largest absolute Gasteiger partial charge is 0.411 e. The molecular formula is C7H11NO. The quantitative estimate of drug-likeness (QED) is 0.387. The molecule has 0 unspecified atom stereocenters. The summed E-state index contributed by atoms with van der Waals surface area (Å²) in [6.07, 6.45) is 4.99. The van der Waals surface area contributed by atoms with Crippen LogP contribution in [0.4, 0.5) is 0 Å². The van der Waals surface area contributed by atoms with E-state index in [1.165, 1.54) is 19.3 Å². The molecule has 2 nitrogen and oxygen atoms in total. The van der Waals surface area contributed by atoms with Crippen molar-refractivity contribution in [1.82, 2.24) is 0 Å². The van der Waals surface area contributed by atoms with Gasteiger partial charge in [-0.05, 0) is 31.6 Å². The summed E-state index contributed by atoms with van der Waals surface area (Å²) >= 11 is 0. The third-order valence-corrected chi connectivity index (χ3v) is 2.64. The van der Waals surface area contributed by atoms with Crippen LogP contribution in [0, 0.1) is 11.8 Å². The fourth-order valence-corrected chi connectivity index (χ4v) is 2.15. The molecule has 2 aliphatic carbocycles. The molecule has 2 fully saturated rings. The molecule has 1 N–H and O–H groups in total. The summed E-state index contributed by atoms with van der Waals surface area (Å²) in [7, 11) is 0. The standard InChI is InChI=1S/C7H11NO/c9-8-7-4-5-1-2-6(7)3-5/h5-6,9H,1-4H2/b8-7+/t5-,6-/m1/s1. The Kier molecular flexibility index (Phi) is 1.01. The second-order valence-electron chi connectivity index (χ2n) is 3.17. The summed E-state index contributed by atoms with van der Waals surface area (Å²) in [6, 6.07) is 0. The molecule has 0 amide bonds. The first kappa shape index (κ1) is 5.27. The van der Waals surface area contributed by atoms with Gasteiger partial charge in [-0.1, -0.05) is 5.16 Å². The average Bonchev–Trinajstić information content (AvgIpc) is 2.45. The van der Waals surface area contributed by atoms with Gasteiger partial charge in [0.15, 0.2) is 0 Å². The van der Waals surface area contributed by atoms with Crippen molar-refractivity contribution >= 4 is 5.71 Å². The normalized spacial score (nSPS) is 44.7. The number of fused-ring (bicyclic) bond motifs is 2. The minimum atomic E-state index is 0.653. The Morgan fingerprint density at radius 2 is 2.33 bits per heavy atom. The third-order valence-electron chi connectivity index (χ3n) is 2.64. The Morgan fingerprint density at radius 3 is 2.67 bits per heavy atom. The highest BCUT2D eigenvalue weighted by Crippen LogP contribution is 2.42. The molecular weight excluding hydrogens is 114 g/mol. The van der Waals surface area contributed by atoms with Gasteiger partial charge >= 0.3 is 0 Å². The number of oxime groups is 1. The second kappa shape index (κ2) is 1.72. The van der Waals surface area contributed by atoms with Crippen molar-refractivity contribution in [2.45, 2.75) is 25.7 Å². The van der Waals surface area contributed by atoms with E-state index in [0.29, 0.717) is 5.92 Å². The molecule has 2 aliphatic rings. The van der Waals surface area contributed by atoms with Gasteiger partial charge in [0, 0.05) is 5.92 Å². The zero-order valence-electron chi connectivity index (χ0n) is 5.38. The molecule has 0 saturated heterocycles. The Bertz CT molecular complexity index is 153. The van der Waals surface area contributed by atoms with Crippen molar-refractivity contribution in [3.05, 3.63) is 0 Å². The molecule has 9 heavy (non-hydrogen) atoms. The number of hydrogen-bond acceptors (Lipinski definition) is 2. The van der Waals surface area contributed by atoms with E-state index in [9.17, 15) is 0 Å². The molecule has 2 atom stereocenters. The van der Waals surface area contributed by atoms with Crippen LogP contribution in [0.2, 0.25) is 0 Å². The lowest BCUT2D eigenvalue weighted by Crippen LogP contribution is -2.08. The van der Waals surface area contributed by atoms with Crippen LogP contribution in [0.15, 0.2) is 5.16 Å². The van der Waals surface area contributed by atoms with Gasteiger partial charge in [-0.2, -0.15) is 0 Å². The van der Waals surface area contributed by atoms with Crippen molar-refractivity contribution in [3.8, 4) is 0 Å². The highest BCUT2D eigenvalue weighted by atomic mass is 16.4. The summed E-state index contributed by atoms with van der Waals surface area (Å²) in [5.41, 5.74) is 1.06. The maximum Gasteiger partial charge on any atom is 0.0604 e. The van der Waals surface area contributed by atoms with E-state index in [1.54, 1.807) is 0 Å². The monoisotopic (exact) mass is 125 g/mol. The third kappa shape index (κ3) is 0.655. The minimum absolute atomic E-state index is 0.653. The second-order valence-corrected chi connectivity index (χ2v) is 3.17. The zero-order valence-corrected chi connectivity index (χ0v) is 5.38. The Hall–Kier alpha value is -0.530. The molecule has 0 aromatic heterocycles. The average molecular weight is 125 g/mol. The van der Waals surface area contributed by atoms with Crippen molar-refractivity contribution in [2.75, 3.05) is 0 Å². The molecule has 2 rings (SSSR count). The summed E-state index contributed by atoms with van der Waals surface area (Å²) in [5.74, 6) is 1.51. The summed E-state index contributed by atoms with van der Waals surface area (Å²) < 4.78 is 0. The highest BCUT2D eigenvalue weighted by Gasteiger charge is 2.36. The predicted octanol–water partition coefficient (Wildman–Crippen LogP) is 1.64. The first-order valence-corrected chi connectivity index (χ1v) is 3.61. The van der Waals surface area contributed by atoms with E-state index in [1.807, 2.05) is 0 Å². The smallest absolute Gasteiger partial charge is 0.0604 e. The van der Waals surface area contributed by atoms with E-state index in [2.05, 4.69) is 5.16 Å². The minimum Gasteiger partial charge on any atom is -0.411 e. The van der Waals surface area contributed by atoms with Gasteiger partial charge < -0.3 is 5.21 Å². The molecule has 50 valence electrons. The molecule has 0 heterocycles. The number of nitrogens with zero attached hydrogens (tertiary/aromatic N) is 1. The number of hydrogen-bond donors (Lipinski definition) is 1. The van der Waals surface area contributed by atoms with Gasteiger partial charge in [0.05, 0.1) is 5.71 Å². The van der Waals surface area contributed by atoms with Crippen LogP contribution in [0.5, 0.6) is 0 Å². The molecule has 0 aromatic rings. The van der Waals surface area contributed by atoms with E-state index in [0.717, 1.165) is 18.1 Å². The zero-order chi connectivity index (χ0) is 6.27. The topological polar surface area (TPSA) is 32.6 Å². The van der Waals surface area contributed by atoms with Crippen LogP contribution in [0.25, 0.3) is 0 Å². The summed E-state index contributed by atoms with van der Waals surface area (Å²) in [6.45, 7) is 0. The van der Waals surface area contributed by atoms with Gasteiger partial charge in [-0.15, -0.1) is 0 Å². The fraction of sp³-hybridized carbons (Fsp3) is 0.857.